The molecule has 0 bridgehead atoms. The van der Waals surface area contributed by atoms with Gasteiger partial charge in [0, 0.05) is 17.7 Å². The van der Waals surface area contributed by atoms with Gasteiger partial charge in [-0.05, 0) is 42.1 Å². The average molecular weight is 490 g/mol. The van der Waals surface area contributed by atoms with Crippen molar-refractivity contribution in [2.75, 3.05) is 12.0 Å². The van der Waals surface area contributed by atoms with Gasteiger partial charge in [-0.3, -0.25) is 9.59 Å². The molecule has 1 aromatic heterocycles. The summed E-state index contributed by atoms with van der Waals surface area (Å²) in [7, 11) is 1.42. The van der Waals surface area contributed by atoms with Crippen LogP contribution in [0.25, 0.3) is 0 Å². The molecule has 3 aromatic rings. The number of fused-ring (bicyclic) bond motifs is 1. The first-order valence-corrected chi connectivity index (χ1v) is 11.0. The molecular weight excluding hydrogens is 473 g/mol. The number of carboxylic acids is 1. The third kappa shape index (κ3) is 4.17. The van der Waals surface area contributed by atoms with Crippen molar-refractivity contribution in [3.8, 4) is 11.5 Å². The van der Waals surface area contributed by atoms with Gasteiger partial charge in [-0.25, -0.2) is 14.1 Å². The second-order valence-electron chi connectivity index (χ2n) is 7.24. The zero-order valence-electron chi connectivity index (χ0n) is 17.4. The normalized spacial score (nSPS) is 14.1. The van der Waals surface area contributed by atoms with Gasteiger partial charge in [0.15, 0.2) is 0 Å². The molecule has 1 N–H and O–H groups in total. The number of amides is 2. The third-order valence-corrected chi connectivity index (χ3v) is 6.51. The highest BCUT2D eigenvalue weighted by Crippen LogP contribution is 2.38. The van der Waals surface area contributed by atoms with Gasteiger partial charge in [0.25, 0.3) is 5.91 Å². The molecule has 1 aliphatic heterocycles. The first-order valence-electron chi connectivity index (χ1n) is 9.71. The van der Waals surface area contributed by atoms with Crippen molar-refractivity contribution in [2.45, 2.75) is 19.4 Å². The van der Waals surface area contributed by atoms with Crippen molar-refractivity contribution >= 4 is 46.4 Å². The van der Waals surface area contributed by atoms with E-state index in [1.807, 2.05) is 0 Å². The second-order valence-corrected chi connectivity index (χ2v) is 8.53. The Morgan fingerprint density at radius 1 is 1.24 bits per heavy atom. The van der Waals surface area contributed by atoms with E-state index in [-0.39, 0.29) is 27.6 Å². The lowest BCUT2D eigenvalue weighted by atomic mass is 10.0. The fraction of sp³-hybridized carbons (Fsp3) is 0.174. The Balaban J connectivity index is 1.68. The SMILES string of the molecule is COc1cc(F)ccc1C(C)Oc1ccc(Cl)c(N2C(=O)Cc3csc(C(=O)O)c3C2=O)c1. The van der Waals surface area contributed by atoms with Crippen molar-refractivity contribution < 1.29 is 33.4 Å². The Morgan fingerprint density at radius 2 is 2.00 bits per heavy atom. The number of carbonyl (C=O) groups excluding carboxylic acids is 2. The number of ether oxygens (including phenoxy) is 2. The van der Waals surface area contributed by atoms with Gasteiger partial charge in [-0.15, -0.1) is 11.3 Å². The molecule has 0 spiro atoms. The number of imide groups is 1. The molecular formula is C23H17ClFNO6S. The summed E-state index contributed by atoms with van der Waals surface area (Å²) in [6.07, 6.45) is -0.695. The molecule has 2 heterocycles. The van der Waals surface area contributed by atoms with E-state index in [1.165, 1.54) is 36.8 Å². The Labute approximate surface area is 196 Å². The summed E-state index contributed by atoms with van der Waals surface area (Å²) in [5.41, 5.74) is 1.04. The number of halogens is 2. The largest absolute Gasteiger partial charge is 0.496 e. The maximum atomic E-state index is 13.5. The smallest absolute Gasteiger partial charge is 0.346 e. The van der Waals surface area contributed by atoms with E-state index in [9.17, 15) is 23.9 Å². The van der Waals surface area contributed by atoms with Crippen molar-refractivity contribution in [2.24, 2.45) is 0 Å². The molecule has 1 atom stereocenters. The summed E-state index contributed by atoms with van der Waals surface area (Å²) in [5.74, 6) is -2.38. The van der Waals surface area contributed by atoms with E-state index in [1.54, 1.807) is 19.1 Å². The number of aromatic carboxylic acids is 1. The van der Waals surface area contributed by atoms with Crippen LogP contribution in [0, 0.1) is 5.82 Å². The van der Waals surface area contributed by atoms with E-state index in [4.69, 9.17) is 21.1 Å². The first-order chi connectivity index (χ1) is 15.7. The van der Waals surface area contributed by atoms with Gasteiger partial charge >= 0.3 is 5.97 Å². The van der Waals surface area contributed by atoms with Crippen molar-refractivity contribution in [3.05, 3.63) is 74.2 Å². The maximum Gasteiger partial charge on any atom is 0.346 e. The molecule has 7 nitrogen and oxygen atoms in total. The fourth-order valence-electron chi connectivity index (χ4n) is 3.65. The van der Waals surface area contributed by atoms with E-state index in [2.05, 4.69) is 0 Å². The lowest BCUT2D eigenvalue weighted by Gasteiger charge is -2.27. The molecule has 10 heteroatoms. The van der Waals surface area contributed by atoms with E-state index in [0.29, 0.717) is 22.6 Å². The maximum absolute atomic E-state index is 13.5. The molecule has 4 rings (SSSR count). The highest BCUT2D eigenvalue weighted by Gasteiger charge is 2.37. The quantitative estimate of drug-likeness (QED) is 0.483. The van der Waals surface area contributed by atoms with Crippen LogP contribution in [-0.4, -0.2) is 30.0 Å². The zero-order valence-corrected chi connectivity index (χ0v) is 19.0. The number of nitrogens with zero attached hydrogens (tertiary/aromatic N) is 1. The predicted molar refractivity (Wildman–Crippen MR) is 120 cm³/mol. The minimum absolute atomic E-state index is 0.0149. The molecule has 2 amide bonds. The Kier molecular flexibility index (Phi) is 6.09. The summed E-state index contributed by atoms with van der Waals surface area (Å²) in [6, 6.07) is 8.54. The summed E-state index contributed by atoms with van der Waals surface area (Å²) in [5, 5.41) is 11.0. The van der Waals surface area contributed by atoms with E-state index >= 15 is 0 Å². The van der Waals surface area contributed by atoms with Crippen molar-refractivity contribution in [3.63, 3.8) is 0 Å². The molecule has 0 saturated heterocycles. The van der Waals surface area contributed by atoms with E-state index < -0.39 is 29.7 Å². The van der Waals surface area contributed by atoms with Gasteiger partial charge in [-0.2, -0.15) is 0 Å². The first kappa shape index (κ1) is 22.8. The second kappa shape index (κ2) is 8.84. The highest BCUT2D eigenvalue weighted by atomic mass is 35.5. The number of hydrogen-bond donors (Lipinski definition) is 1. The van der Waals surface area contributed by atoms with Crippen molar-refractivity contribution in [1.82, 2.24) is 0 Å². The number of benzene rings is 2. The molecule has 0 saturated carbocycles. The number of thiophene rings is 1. The van der Waals surface area contributed by atoms with Gasteiger partial charge in [-0.1, -0.05) is 11.6 Å². The number of hydrogen-bond acceptors (Lipinski definition) is 6. The van der Waals surface area contributed by atoms with Gasteiger partial charge in [0.05, 0.1) is 29.8 Å². The van der Waals surface area contributed by atoms with Gasteiger partial charge in [0.2, 0.25) is 5.91 Å². The lowest BCUT2D eigenvalue weighted by Crippen LogP contribution is -2.42. The zero-order chi connectivity index (χ0) is 23.9. The summed E-state index contributed by atoms with van der Waals surface area (Å²) in [6.45, 7) is 1.73. The van der Waals surface area contributed by atoms with Crippen LogP contribution in [0.1, 0.15) is 44.2 Å². The standard InChI is InChI=1S/C23H17ClFNO6S/c1-11(15-5-3-13(25)8-18(15)31-2)32-14-4-6-16(24)17(9-14)26-19(27)7-12-10-33-21(23(29)30)20(12)22(26)28/h3-6,8-11H,7H2,1-2H3,(H,29,30). The lowest BCUT2D eigenvalue weighted by molar-refractivity contribution is -0.117. The topological polar surface area (TPSA) is 93.1 Å². The molecule has 2 aromatic carbocycles. The minimum atomic E-state index is -1.24. The summed E-state index contributed by atoms with van der Waals surface area (Å²) in [4.78, 5) is 38.2. The minimum Gasteiger partial charge on any atom is -0.496 e. The highest BCUT2D eigenvalue weighted by molar-refractivity contribution is 7.12. The molecule has 1 aliphatic rings. The van der Waals surface area contributed by atoms with Gasteiger partial charge < -0.3 is 14.6 Å². The van der Waals surface area contributed by atoms with Crippen LogP contribution in [0.3, 0.4) is 0 Å². The van der Waals surface area contributed by atoms with Crippen LogP contribution in [0.5, 0.6) is 11.5 Å². The third-order valence-electron chi connectivity index (χ3n) is 5.17. The van der Waals surface area contributed by atoms with E-state index in [0.717, 1.165) is 16.2 Å². The molecule has 0 radical (unpaired) electrons. The van der Waals surface area contributed by atoms with Crippen LogP contribution in [-0.2, 0) is 11.2 Å². The molecule has 0 fully saturated rings. The van der Waals surface area contributed by atoms with Crippen LogP contribution >= 0.6 is 22.9 Å². The molecule has 0 aliphatic carbocycles. The molecule has 1 unspecified atom stereocenters. The van der Waals surface area contributed by atoms with Crippen LogP contribution in [0.4, 0.5) is 10.1 Å². The number of methoxy groups -OCH3 is 1. The number of rotatable bonds is 6. The van der Waals surface area contributed by atoms with Crippen LogP contribution in [0.2, 0.25) is 5.02 Å². The Bertz CT molecular complexity index is 1290. The van der Waals surface area contributed by atoms with Crippen LogP contribution < -0.4 is 14.4 Å². The molecule has 33 heavy (non-hydrogen) atoms. The predicted octanol–water partition coefficient (Wildman–Crippen LogP) is 5.12. The molecule has 170 valence electrons. The monoisotopic (exact) mass is 489 g/mol. The summed E-state index contributed by atoms with van der Waals surface area (Å²) < 4.78 is 24.7. The fourth-order valence-corrected chi connectivity index (χ4v) is 4.75. The Hall–Kier alpha value is -3.43. The number of carboxylic acid groups (broad SMARTS) is 1. The van der Waals surface area contributed by atoms with Crippen LogP contribution in [0.15, 0.2) is 41.8 Å². The van der Waals surface area contributed by atoms with Crippen molar-refractivity contribution in [1.29, 1.82) is 0 Å². The number of carbonyl (C=O) groups is 3. The summed E-state index contributed by atoms with van der Waals surface area (Å²) >= 11 is 7.20. The average Bonchev–Trinajstić information content (AvgIpc) is 3.20. The number of anilines is 1. The Morgan fingerprint density at radius 3 is 2.70 bits per heavy atom. The van der Waals surface area contributed by atoms with Gasteiger partial charge in [0.1, 0.15) is 28.3 Å².